The Kier molecular flexibility index (Phi) is 3.53. The third-order valence-corrected chi connectivity index (χ3v) is 1.55. The standard InChI is InChI=1S/C7H11F3N2O/c8-7(9,10)5-13-12-6-3-1-2-4-11-6/h1-5H2,(H,11,12). The van der Waals surface area contributed by atoms with Gasteiger partial charge in [0.05, 0.1) is 0 Å². The van der Waals surface area contributed by atoms with Gasteiger partial charge in [0.1, 0.15) is 5.84 Å². The molecule has 0 spiro atoms. The molecule has 13 heavy (non-hydrogen) atoms. The van der Waals surface area contributed by atoms with Gasteiger partial charge < -0.3 is 0 Å². The van der Waals surface area contributed by atoms with Crippen molar-refractivity contribution in [1.29, 1.82) is 0 Å². The number of aliphatic imine (C=N–C) groups is 1. The zero-order chi connectivity index (χ0) is 9.73. The molecular weight excluding hydrogens is 185 g/mol. The summed E-state index contributed by atoms with van der Waals surface area (Å²) in [6, 6.07) is 0. The van der Waals surface area contributed by atoms with Crippen LogP contribution in [0.3, 0.4) is 0 Å². The van der Waals surface area contributed by atoms with Gasteiger partial charge in [0.25, 0.3) is 0 Å². The van der Waals surface area contributed by atoms with Crippen molar-refractivity contribution in [2.45, 2.75) is 25.4 Å². The Morgan fingerprint density at radius 2 is 2.15 bits per heavy atom. The second kappa shape index (κ2) is 4.45. The maximum atomic E-state index is 11.6. The van der Waals surface area contributed by atoms with Gasteiger partial charge in [-0.2, -0.15) is 13.2 Å². The molecule has 0 aromatic rings. The van der Waals surface area contributed by atoms with Crippen molar-refractivity contribution in [1.82, 2.24) is 5.48 Å². The first kappa shape index (κ1) is 10.3. The van der Waals surface area contributed by atoms with Gasteiger partial charge in [0, 0.05) is 13.0 Å². The largest absolute Gasteiger partial charge is 0.414 e. The van der Waals surface area contributed by atoms with Crippen molar-refractivity contribution < 1.29 is 18.0 Å². The van der Waals surface area contributed by atoms with E-state index in [0.29, 0.717) is 18.8 Å². The minimum absolute atomic E-state index is 0.510. The highest BCUT2D eigenvalue weighted by Gasteiger charge is 2.28. The Hall–Kier alpha value is -0.780. The van der Waals surface area contributed by atoms with Gasteiger partial charge in [0.2, 0.25) is 0 Å². The van der Waals surface area contributed by atoms with E-state index in [1.807, 2.05) is 0 Å². The second-order valence-corrected chi connectivity index (χ2v) is 2.79. The lowest BCUT2D eigenvalue weighted by molar-refractivity contribution is -0.182. The van der Waals surface area contributed by atoms with Crippen LogP contribution >= 0.6 is 0 Å². The van der Waals surface area contributed by atoms with E-state index in [9.17, 15) is 13.2 Å². The predicted molar refractivity (Wildman–Crippen MR) is 41.3 cm³/mol. The number of halogens is 3. The Morgan fingerprint density at radius 1 is 1.38 bits per heavy atom. The number of amidine groups is 1. The summed E-state index contributed by atoms with van der Waals surface area (Å²) in [5, 5.41) is 0. The minimum Gasteiger partial charge on any atom is -0.271 e. The van der Waals surface area contributed by atoms with Crippen LogP contribution in [0.15, 0.2) is 4.99 Å². The SMILES string of the molecule is FC(F)(F)CONC1=NCCCC1. The smallest absolute Gasteiger partial charge is 0.271 e. The maximum absolute atomic E-state index is 11.6. The summed E-state index contributed by atoms with van der Waals surface area (Å²) in [5.74, 6) is 0.510. The number of nitrogens with one attached hydrogen (secondary N) is 1. The number of nitrogens with zero attached hydrogens (tertiary/aromatic N) is 1. The van der Waals surface area contributed by atoms with Gasteiger partial charge in [-0.1, -0.05) is 0 Å². The third kappa shape index (κ3) is 4.72. The Bertz CT molecular complexity index is 191. The molecule has 0 aromatic carbocycles. The van der Waals surface area contributed by atoms with Crippen LogP contribution in [0, 0.1) is 0 Å². The van der Waals surface area contributed by atoms with Crippen molar-refractivity contribution in [2.75, 3.05) is 13.2 Å². The molecule has 0 amide bonds. The summed E-state index contributed by atoms with van der Waals surface area (Å²) >= 11 is 0. The first-order valence-corrected chi connectivity index (χ1v) is 4.06. The van der Waals surface area contributed by atoms with Gasteiger partial charge in [-0.05, 0) is 12.8 Å². The number of hydroxylamine groups is 1. The average molecular weight is 196 g/mol. The van der Waals surface area contributed by atoms with E-state index in [2.05, 4.69) is 15.3 Å². The summed E-state index contributed by atoms with van der Waals surface area (Å²) in [6.45, 7) is -0.621. The molecule has 1 heterocycles. The van der Waals surface area contributed by atoms with Gasteiger partial charge in [-0.3, -0.25) is 15.3 Å². The molecule has 0 saturated heterocycles. The van der Waals surface area contributed by atoms with Crippen LogP contribution in [-0.4, -0.2) is 25.2 Å². The summed E-state index contributed by atoms with van der Waals surface area (Å²) < 4.78 is 34.8. The zero-order valence-electron chi connectivity index (χ0n) is 7.02. The maximum Gasteiger partial charge on any atom is 0.414 e. The van der Waals surface area contributed by atoms with E-state index in [1.54, 1.807) is 0 Å². The molecule has 0 unspecified atom stereocenters. The van der Waals surface area contributed by atoms with Crippen molar-refractivity contribution in [3.05, 3.63) is 0 Å². The van der Waals surface area contributed by atoms with Crippen LogP contribution in [0.1, 0.15) is 19.3 Å². The number of hydrogen-bond acceptors (Lipinski definition) is 3. The highest BCUT2D eigenvalue weighted by Crippen LogP contribution is 2.13. The first-order chi connectivity index (χ1) is 6.08. The molecule has 0 fully saturated rings. The van der Waals surface area contributed by atoms with Crippen LogP contribution in [0.25, 0.3) is 0 Å². The quantitative estimate of drug-likeness (QED) is 0.681. The summed E-state index contributed by atoms with van der Waals surface area (Å²) in [4.78, 5) is 8.19. The predicted octanol–water partition coefficient (Wildman–Crippen LogP) is 1.65. The number of hydrogen-bond donors (Lipinski definition) is 1. The van der Waals surface area contributed by atoms with Crippen molar-refractivity contribution in [3.63, 3.8) is 0 Å². The van der Waals surface area contributed by atoms with Gasteiger partial charge >= 0.3 is 6.18 Å². The molecule has 0 aliphatic carbocycles. The van der Waals surface area contributed by atoms with E-state index in [-0.39, 0.29) is 0 Å². The molecule has 3 nitrogen and oxygen atoms in total. The van der Waals surface area contributed by atoms with Crippen molar-refractivity contribution >= 4 is 5.84 Å². The second-order valence-electron chi connectivity index (χ2n) is 2.79. The summed E-state index contributed by atoms with van der Waals surface area (Å²) in [5.41, 5.74) is 2.21. The van der Waals surface area contributed by atoms with E-state index < -0.39 is 12.8 Å². The Morgan fingerprint density at radius 3 is 2.69 bits per heavy atom. The molecule has 0 atom stereocenters. The van der Waals surface area contributed by atoms with Crippen LogP contribution in [0.2, 0.25) is 0 Å². The van der Waals surface area contributed by atoms with Gasteiger partial charge in [-0.25, -0.2) is 0 Å². The van der Waals surface area contributed by atoms with E-state index in [0.717, 1.165) is 12.8 Å². The van der Waals surface area contributed by atoms with Gasteiger partial charge in [0.15, 0.2) is 6.61 Å². The van der Waals surface area contributed by atoms with E-state index in [1.165, 1.54) is 0 Å². The summed E-state index contributed by atoms with van der Waals surface area (Å²) in [6.07, 6.45) is -1.69. The highest BCUT2D eigenvalue weighted by molar-refractivity contribution is 5.81. The molecule has 1 N–H and O–H groups in total. The zero-order valence-corrected chi connectivity index (χ0v) is 7.02. The minimum atomic E-state index is -4.29. The highest BCUT2D eigenvalue weighted by atomic mass is 19.4. The van der Waals surface area contributed by atoms with Crippen molar-refractivity contribution in [2.24, 2.45) is 4.99 Å². The fraction of sp³-hybridized carbons (Fsp3) is 0.857. The van der Waals surface area contributed by atoms with Crippen LogP contribution in [0.4, 0.5) is 13.2 Å². The number of alkyl halides is 3. The topological polar surface area (TPSA) is 33.6 Å². The van der Waals surface area contributed by atoms with E-state index >= 15 is 0 Å². The lowest BCUT2D eigenvalue weighted by Gasteiger charge is -2.14. The molecule has 76 valence electrons. The van der Waals surface area contributed by atoms with Crippen LogP contribution in [0.5, 0.6) is 0 Å². The number of rotatable bonds is 2. The Balaban J connectivity index is 2.15. The molecule has 0 saturated carbocycles. The molecule has 1 aliphatic rings. The fourth-order valence-corrected chi connectivity index (χ4v) is 0.982. The van der Waals surface area contributed by atoms with Crippen LogP contribution in [-0.2, 0) is 4.84 Å². The lowest BCUT2D eigenvalue weighted by Crippen LogP contribution is -2.30. The lowest BCUT2D eigenvalue weighted by atomic mass is 10.2. The first-order valence-electron chi connectivity index (χ1n) is 4.06. The molecule has 0 bridgehead atoms. The monoisotopic (exact) mass is 196 g/mol. The third-order valence-electron chi connectivity index (χ3n) is 1.55. The van der Waals surface area contributed by atoms with Gasteiger partial charge in [-0.15, -0.1) is 0 Å². The molecular formula is C7H11F3N2O. The average Bonchev–Trinajstić information content (AvgIpc) is 2.04. The molecule has 0 radical (unpaired) electrons. The normalized spacial score (nSPS) is 18.2. The molecule has 0 aromatic heterocycles. The Labute approximate surface area is 73.9 Å². The summed E-state index contributed by atoms with van der Waals surface area (Å²) in [7, 11) is 0. The van der Waals surface area contributed by atoms with Crippen molar-refractivity contribution in [3.8, 4) is 0 Å². The van der Waals surface area contributed by atoms with E-state index in [4.69, 9.17) is 0 Å². The fourth-order valence-electron chi connectivity index (χ4n) is 0.982. The molecule has 1 aliphatic heterocycles. The molecule has 1 rings (SSSR count). The molecule has 6 heteroatoms. The van der Waals surface area contributed by atoms with Crippen LogP contribution < -0.4 is 5.48 Å².